The van der Waals surface area contributed by atoms with Crippen LogP contribution in [0.1, 0.15) is 37.4 Å². The normalized spacial score (nSPS) is 11.8. The van der Waals surface area contributed by atoms with Crippen LogP contribution >= 0.6 is 0 Å². The van der Waals surface area contributed by atoms with Gasteiger partial charge in [0.15, 0.2) is 0 Å². The van der Waals surface area contributed by atoms with Crippen molar-refractivity contribution in [1.29, 1.82) is 5.26 Å². The molecule has 1 aromatic carbocycles. The number of nitrogens with zero attached hydrogens (tertiary/aromatic N) is 2. The number of benzene rings is 1. The Morgan fingerprint density at radius 1 is 1.20 bits per heavy atom. The van der Waals surface area contributed by atoms with Gasteiger partial charge in [0.25, 0.3) is 0 Å². The van der Waals surface area contributed by atoms with Gasteiger partial charge in [-0.15, -0.1) is 0 Å². The fraction of sp³-hybridized carbons (Fsp3) is 0.294. The standard InChI is InChI=1S/C17H19N3/c1-3-8-20-13(2)15-4-6-16(7-5-15)17-9-14(10-18)11-19-12-17/h4-7,9,11-13,20H,3,8H2,1-2H3. The maximum absolute atomic E-state index is 8.91. The van der Waals surface area contributed by atoms with Gasteiger partial charge < -0.3 is 5.32 Å². The highest BCUT2D eigenvalue weighted by Gasteiger charge is 2.05. The Balaban J connectivity index is 2.17. The van der Waals surface area contributed by atoms with Gasteiger partial charge in [-0.3, -0.25) is 4.98 Å². The molecule has 1 N–H and O–H groups in total. The monoisotopic (exact) mass is 265 g/mol. The van der Waals surface area contributed by atoms with E-state index in [9.17, 15) is 0 Å². The van der Waals surface area contributed by atoms with Crippen LogP contribution in [-0.4, -0.2) is 11.5 Å². The van der Waals surface area contributed by atoms with E-state index in [2.05, 4.69) is 54.5 Å². The minimum atomic E-state index is 0.354. The van der Waals surface area contributed by atoms with Crippen molar-refractivity contribution in [3.05, 3.63) is 53.9 Å². The van der Waals surface area contributed by atoms with E-state index in [4.69, 9.17) is 5.26 Å². The summed E-state index contributed by atoms with van der Waals surface area (Å²) in [5.41, 5.74) is 3.92. The minimum Gasteiger partial charge on any atom is -0.310 e. The Morgan fingerprint density at radius 3 is 2.60 bits per heavy atom. The molecule has 1 aromatic heterocycles. The zero-order valence-electron chi connectivity index (χ0n) is 11.9. The third kappa shape index (κ3) is 3.43. The molecule has 1 unspecified atom stereocenters. The Labute approximate surface area is 120 Å². The first-order valence-electron chi connectivity index (χ1n) is 6.93. The van der Waals surface area contributed by atoms with Crippen molar-refractivity contribution < 1.29 is 0 Å². The van der Waals surface area contributed by atoms with Gasteiger partial charge in [-0.05, 0) is 37.1 Å². The lowest BCUT2D eigenvalue weighted by Crippen LogP contribution is -2.19. The summed E-state index contributed by atoms with van der Waals surface area (Å²) in [5, 5.41) is 12.4. The van der Waals surface area contributed by atoms with Crippen molar-refractivity contribution in [2.24, 2.45) is 0 Å². The Hall–Kier alpha value is -2.18. The number of hydrogen-bond acceptors (Lipinski definition) is 3. The first-order chi connectivity index (χ1) is 9.74. The summed E-state index contributed by atoms with van der Waals surface area (Å²) < 4.78 is 0. The van der Waals surface area contributed by atoms with Crippen LogP contribution in [0.4, 0.5) is 0 Å². The van der Waals surface area contributed by atoms with Crippen LogP contribution in [0, 0.1) is 11.3 Å². The smallest absolute Gasteiger partial charge is 0.101 e. The molecule has 2 aromatic rings. The summed E-state index contributed by atoms with van der Waals surface area (Å²) in [6.07, 6.45) is 4.50. The van der Waals surface area contributed by atoms with E-state index in [1.807, 2.05) is 6.07 Å². The summed E-state index contributed by atoms with van der Waals surface area (Å²) in [4.78, 5) is 4.10. The highest BCUT2D eigenvalue weighted by atomic mass is 14.9. The maximum Gasteiger partial charge on any atom is 0.101 e. The third-order valence-corrected chi connectivity index (χ3v) is 3.31. The highest BCUT2D eigenvalue weighted by molar-refractivity contribution is 5.64. The Morgan fingerprint density at radius 2 is 1.95 bits per heavy atom. The van der Waals surface area contributed by atoms with Crippen LogP contribution in [-0.2, 0) is 0 Å². The molecule has 1 atom stereocenters. The number of aromatic nitrogens is 1. The molecule has 0 fully saturated rings. The largest absolute Gasteiger partial charge is 0.310 e. The lowest BCUT2D eigenvalue weighted by atomic mass is 10.0. The van der Waals surface area contributed by atoms with Crippen LogP contribution < -0.4 is 5.32 Å². The predicted molar refractivity (Wildman–Crippen MR) is 81.1 cm³/mol. The summed E-state index contributed by atoms with van der Waals surface area (Å²) >= 11 is 0. The molecule has 3 nitrogen and oxygen atoms in total. The molecule has 0 saturated carbocycles. The summed E-state index contributed by atoms with van der Waals surface area (Å²) in [6.45, 7) is 5.36. The molecule has 0 radical (unpaired) electrons. The zero-order chi connectivity index (χ0) is 14.4. The summed E-state index contributed by atoms with van der Waals surface area (Å²) in [7, 11) is 0. The quantitative estimate of drug-likeness (QED) is 0.897. The second-order valence-corrected chi connectivity index (χ2v) is 4.87. The Bertz CT molecular complexity index is 596. The zero-order valence-corrected chi connectivity index (χ0v) is 11.9. The number of nitriles is 1. The van der Waals surface area contributed by atoms with Gasteiger partial charge in [0.2, 0.25) is 0 Å². The average Bonchev–Trinajstić information content (AvgIpc) is 2.52. The van der Waals surface area contributed by atoms with E-state index >= 15 is 0 Å². The van der Waals surface area contributed by atoms with E-state index in [0.29, 0.717) is 11.6 Å². The fourth-order valence-electron chi connectivity index (χ4n) is 2.10. The van der Waals surface area contributed by atoms with Gasteiger partial charge in [-0.1, -0.05) is 31.2 Å². The van der Waals surface area contributed by atoms with Crippen LogP contribution in [0.25, 0.3) is 11.1 Å². The second kappa shape index (κ2) is 6.83. The van der Waals surface area contributed by atoms with Gasteiger partial charge in [0, 0.05) is 24.0 Å². The van der Waals surface area contributed by atoms with E-state index < -0.39 is 0 Å². The van der Waals surface area contributed by atoms with Crippen LogP contribution in [0.2, 0.25) is 0 Å². The van der Waals surface area contributed by atoms with Crippen LogP contribution in [0.5, 0.6) is 0 Å². The first kappa shape index (κ1) is 14.2. The molecular weight excluding hydrogens is 246 g/mol. The molecular formula is C17H19N3. The number of pyridine rings is 1. The highest BCUT2D eigenvalue weighted by Crippen LogP contribution is 2.22. The van der Waals surface area contributed by atoms with Crippen molar-refractivity contribution in [2.75, 3.05) is 6.54 Å². The fourth-order valence-corrected chi connectivity index (χ4v) is 2.10. The molecule has 0 bridgehead atoms. The number of nitrogens with one attached hydrogen (secondary N) is 1. The van der Waals surface area contributed by atoms with E-state index in [-0.39, 0.29) is 0 Å². The lowest BCUT2D eigenvalue weighted by molar-refractivity contribution is 0.571. The molecule has 0 amide bonds. The molecule has 2 rings (SSSR count). The molecule has 0 spiro atoms. The van der Waals surface area contributed by atoms with Gasteiger partial charge in [-0.2, -0.15) is 5.26 Å². The van der Waals surface area contributed by atoms with Crippen molar-refractivity contribution in [2.45, 2.75) is 26.3 Å². The topological polar surface area (TPSA) is 48.7 Å². The van der Waals surface area contributed by atoms with E-state index in [0.717, 1.165) is 24.1 Å². The van der Waals surface area contributed by atoms with E-state index in [1.165, 1.54) is 5.56 Å². The maximum atomic E-state index is 8.91. The van der Waals surface area contributed by atoms with E-state index in [1.54, 1.807) is 12.4 Å². The van der Waals surface area contributed by atoms with Crippen molar-refractivity contribution >= 4 is 0 Å². The van der Waals surface area contributed by atoms with Crippen molar-refractivity contribution in [3.63, 3.8) is 0 Å². The molecule has 0 aliphatic carbocycles. The lowest BCUT2D eigenvalue weighted by Gasteiger charge is -2.14. The third-order valence-electron chi connectivity index (χ3n) is 3.31. The first-order valence-corrected chi connectivity index (χ1v) is 6.93. The molecule has 0 saturated heterocycles. The summed E-state index contributed by atoms with van der Waals surface area (Å²) in [5.74, 6) is 0. The predicted octanol–water partition coefficient (Wildman–Crippen LogP) is 3.68. The molecule has 1 heterocycles. The number of rotatable bonds is 5. The average molecular weight is 265 g/mol. The van der Waals surface area contributed by atoms with Gasteiger partial charge in [-0.25, -0.2) is 0 Å². The van der Waals surface area contributed by atoms with Gasteiger partial charge >= 0.3 is 0 Å². The van der Waals surface area contributed by atoms with Gasteiger partial charge in [0.1, 0.15) is 6.07 Å². The molecule has 3 heteroatoms. The van der Waals surface area contributed by atoms with Crippen molar-refractivity contribution in [3.8, 4) is 17.2 Å². The van der Waals surface area contributed by atoms with Crippen LogP contribution in [0.3, 0.4) is 0 Å². The van der Waals surface area contributed by atoms with Crippen LogP contribution in [0.15, 0.2) is 42.7 Å². The molecule has 0 aliphatic rings. The SMILES string of the molecule is CCCNC(C)c1ccc(-c2cncc(C#N)c2)cc1. The number of hydrogen-bond donors (Lipinski definition) is 1. The Kier molecular flexibility index (Phi) is 4.86. The van der Waals surface area contributed by atoms with Crippen molar-refractivity contribution in [1.82, 2.24) is 10.3 Å². The summed E-state index contributed by atoms with van der Waals surface area (Å²) in [6, 6.07) is 12.7. The molecule has 20 heavy (non-hydrogen) atoms. The second-order valence-electron chi connectivity index (χ2n) is 4.87. The molecule has 102 valence electrons. The van der Waals surface area contributed by atoms with Gasteiger partial charge in [0.05, 0.1) is 5.56 Å². The minimum absolute atomic E-state index is 0.354. The molecule has 0 aliphatic heterocycles.